The van der Waals surface area contributed by atoms with E-state index in [4.69, 9.17) is 0 Å². The van der Waals surface area contributed by atoms with E-state index < -0.39 is 0 Å². The quantitative estimate of drug-likeness (QED) is 0.695. The van der Waals surface area contributed by atoms with Gasteiger partial charge >= 0.3 is 0 Å². The van der Waals surface area contributed by atoms with E-state index in [0.717, 1.165) is 11.0 Å². The molecule has 3 heteroatoms. The zero-order chi connectivity index (χ0) is 12.5. The number of aryl methyl sites for hydroxylation is 1. The molecule has 0 fully saturated rings. The van der Waals surface area contributed by atoms with E-state index >= 15 is 0 Å². The van der Waals surface area contributed by atoms with Gasteiger partial charge in [0, 0.05) is 34.6 Å². The number of halogens is 1. The second kappa shape index (κ2) is 4.58. The van der Waals surface area contributed by atoms with Crippen molar-refractivity contribution in [1.82, 2.24) is 9.55 Å². The van der Waals surface area contributed by atoms with Crippen LogP contribution in [0.1, 0.15) is 11.3 Å². The molecule has 0 aliphatic heterocycles. The molecule has 0 unspecified atom stereocenters. The molecule has 2 nitrogen and oxygen atoms in total. The summed E-state index contributed by atoms with van der Waals surface area (Å²) in [4.78, 5) is 4.21. The third kappa shape index (κ3) is 2.06. The molecule has 3 rings (SSSR count). The number of benzene rings is 1. The van der Waals surface area contributed by atoms with Gasteiger partial charge in [0.15, 0.2) is 0 Å². The summed E-state index contributed by atoms with van der Waals surface area (Å²) < 4.78 is 3.34. The van der Waals surface area contributed by atoms with Crippen molar-refractivity contribution in [2.75, 3.05) is 0 Å². The van der Waals surface area contributed by atoms with Crippen molar-refractivity contribution in [3.63, 3.8) is 0 Å². The number of para-hydroxylation sites is 1. The predicted molar refractivity (Wildman–Crippen MR) is 77.7 cm³/mol. The summed E-state index contributed by atoms with van der Waals surface area (Å²) in [6.45, 7) is 3.00. The van der Waals surface area contributed by atoms with Crippen LogP contribution in [0.15, 0.2) is 53.3 Å². The molecule has 0 N–H and O–H groups in total. The highest BCUT2D eigenvalue weighted by molar-refractivity contribution is 9.10. The maximum Gasteiger partial charge on any atom is 0.0494 e. The first-order valence-electron chi connectivity index (χ1n) is 5.88. The Morgan fingerprint density at radius 1 is 1.17 bits per heavy atom. The average Bonchev–Trinajstić information content (AvgIpc) is 2.66. The first-order valence-corrected chi connectivity index (χ1v) is 6.67. The molecule has 0 radical (unpaired) electrons. The fourth-order valence-electron chi connectivity index (χ4n) is 2.28. The number of rotatable bonds is 2. The standard InChI is InChI=1S/C15H13BrN2/c1-11-6-13-4-2-3-5-15(13)18(11)10-12-7-14(16)9-17-8-12/h2-9H,10H2,1H3. The van der Waals surface area contributed by atoms with E-state index in [0.29, 0.717) is 0 Å². The van der Waals surface area contributed by atoms with E-state index in [1.54, 1.807) is 0 Å². The molecule has 18 heavy (non-hydrogen) atoms. The third-order valence-electron chi connectivity index (χ3n) is 3.12. The van der Waals surface area contributed by atoms with Crippen molar-refractivity contribution < 1.29 is 0 Å². The molecule has 2 aromatic heterocycles. The lowest BCUT2D eigenvalue weighted by molar-refractivity contribution is 0.800. The number of fused-ring (bicyclic) bond motifs is 1. The number of hydrogen-bond donors (Lipinski definition) is 0. The van der Waals surface area contributed by atoms with Crippen LogP contribution in [0.25, 0.3) is 10.9 Å². The summed E-state index contributed by atoms with van der Waals surface area (Å²) in [7, 11) is 0. The highest BCUT2D eigenvalue weighted by atomic mass is 79.9. The van der Waals surface area contributed by atoms with Crippen LogP contribution in [0, 0.1) is 6.92 Å². The Balaban J connectivity index is 2.07. The molecule has 0 saturated heterocycles. The summed E-state index contributed by atoms with van der Waals surface area (Å²) in [5, 5.41) is 1.29. The number of nitrogens with zero attached hydrogens (tertiary/aromatic N) is 2. The lowest BCUT2D eigenvalue weighted by Gasteiger charge is -2.08. The molecule has 0 bridgehead atoms. The van der Waals surface area contributed by atoms with Crippen molar-refractivity contribution in [3.05, 3.63) is 64.5 Å². The highest BCUT2D eigenvalue weighted by Crippen LogP contribution is 2.21. The SMILES string of the molecule is Cc1cc2ccccc2n1Cc1cncc(Br)c1. The van der Waals surface area contributed by atoms with Crippen molar-refractivity contribution in [1.29, 1.82) is 0 Å². The van der Waals surface area contributed by atoms with Gasteiger partial charge < -0.3 is 4.57 Å². The number of aromatic nitrogens is 2. The maximum absolute atomic E-state index is 4.21. The second-order valence-corrected chi connectivity index (χ2v) is 5.36. The van der Waals surface area contributed by atoms with Gasteiger partial charge in [0.05, 0.1) is 0 Å². The van der Waals surface area contributed by atoms with Gasteiger partial charge in [-0.05, 0) is 52.0 Å². The van der Waals surface area contributed by atoms with Crippen molar-refractivity contribution in [2.24, 2.45) is 0 Å². The smallest absolute Gasteiger partial charge is 0.0494 e. The van der Waals surface area contributed by atoms with Crippen LogP contribution in [0.2, 0.25) is 0 Å². The molecule has 0 aliphatic carbocycles. The average molecular weight is 301 g/mol. The molecule has 0 spiro atoms. The molecule has 0 aliphatic rings. The van der Waals surface area contributed by atoms with E-state index in [1.807, 2.05) is 12.4 Å². The molecule has 0 atom stereocenters. The van der Waals surface area contributed by atoms with Crippen molar-refractivity contribution >= 4 is 26.8 Å². The molecular weight excluding hydrogens is 288 g/mol. The molecule has 0 saturated carbocycles. The largest absolute Gasteiger partial charge is 0.340 e. The van der Waals surface area contributed by atoms with Gasteiger partial charge in [-0.2, -0.15) is 0 Å². The first kappa shape index (κ1) is 11.5. The van der Waals surface area contributed by atoms with Gasteiger partial charge in [0.1, 0.15) is 0 Å². The van der Waals surface area contributed by atoms with Crippen molar-refractivity contribution in [2.45, 2.75) is 13.5 Å². The van der Waals surface area contributed by atoms with Gasteiger partial charge in [0.2, 0.25) is 0 Å². The van der Waals surface area contributed by atoms with Gasteiger partial charge in [0.25, 0.3) is 0 Å². The summed E-state index contributed by atoms with van der Waals surface area (Å²) in [6.07, 6.45) is 3.73. The normalized spacial score (nSPS) is 11.0. The minimum Gasteiger partial charge on any atom is -0.340 e. The summed E-state index contributed by atoms with van der Waals surface area (Å²) in [5.41, 5.74) is 3.75. The van der Waals surface area contributed by atoms with Crippen LogP contribution in [0.3, 0.4) is 0 Å². The first-order chi connectivity index (χ1) is 8.74. The Kier molecular flexibility index (Phi) is 2.92. The lowest BCUT2D eigenvalue weighted by Crippen LogP contribution is -2.01. The molecule has 90 valence electrons. The minimum atomic E-state index is 0.853. The number of pyridine rings is 1. The maximum atomic E-state index is 4.21. The van der Waals surface area contributed by atoms with E-state index in [9.17, 15) is 0 Å². The van der Waals surface area contributed by atoms with Gasteiger partial charge in [-0.3, -0.25) is 4.98 Å². The lowest BCUT2D eigenvalue weighted by atomic mass is 10.2. The Morgan fingerprint density at radius 3 is 2.83 bits per heavy atom. The van der Waals surface area contributed by atoms with E-state index in [1.165, 1.54) is 22.2 Å². The fourth-order valence-corrected chi connectivity index (χ4v) is 2.70. The molecule has 0 amide bonds. The topological polar surface area (TPSA) is 17.8 Å². The van der Waals surface area contributed by atoms with Crippen LogP contribution in [-0.4, -0.2) is 9.55 Å². The van der Waals surface area contributed by atoms with E-state index in [2.05, 4.69) is 68.8 Å². The van der Waals surface area contributed by atoms with Crippen molar-refractivity contribution in [3.8, 4) is 0 Å². The molecule has 1 aromatic carbocycles. The summed E-state index contributed by atoms with van der Waals surface area (Å²) >= 11 is 3.46. The second-order valence-electron chi connectivity index (χ2n) is 4.44. The summed E-state index contributed by atoms with van der Waals surface area (Å²) in [6, 6.07) is 12.8. The van der Waals surface area contributed by atoms with Gasteiger partial charge in [-0.15, -0.1) is 0 Å². The zero-order valence-corrected chi connectivity index (χ0v) is 11.7. The molecular formula is C15H13BrN2. The Morgan fingerprint density at radius 2 is 2.00 bits per heavy atom. The van der Waals surface area contributed by atoms with Crippen LogP contribution in [0.5, 0.6) is 0 Å². The van der Waals surface area contributed by atoms with Crippen LogP contribution >= 0.6 is 15.9 Å². The highest BCUT2D eigenvalue weighted by Gasteiger charge is 2.05. The summed E-state index contributed by atoms with van der Waals surface area (Å²) in [5.74, 6) is 0. The number of hydrogen-bond acceptors (Lipinski definition) is 1. The molecule has 2 heterocycles. The molecule has 3 aromatic rings. The zero-order valence-electron chi connectivity index (χ0n) is 10.1. The predicted octanol–water partition coefficient (Wildman–Crippen LogP) is 4.16. The Hall–Kier alpha value is -1.61. The fraction of sp³-hybridized carbons (Fsp3) is 0.133. The van der Waals surface area contributed by atoms with Gasteiger partial charge in [-0.1, -0.05) is 18.2 Å². The monoisotopic (exact) mass is 300 g/mol. The Bertz CT molecular complexity index is 701. The third-order valence-corrected chi connectivity index (χ3v) is 3.55. The van der Waals surface area contributed by atoms with Gasteiger partial charge in [-0.25, -0.2) is 0 Å². The van der Waals surface area contributed by atoms with Crippen LogP contribution in [0.4, 0.5) is 0 Å². The Labute approximate surface area is 114 Å². The van der Waals surface area contributed by atoms with Crippen LogP contribution in [-0.2, 0) is 6.54 Å². The minimum absolute atomic E-state index is 0.853. The van der Waals surface area contributed by atoms with E-state index in [-0.39, 0.29) is 0 Å². The van der Waals surface area contributed by atoms with Crippen LogP contribution < -0.4 is 0 Å².